The zero-order valence-electron chi connectivity index (χ0n) is 9.48. The highest BCUT2D eigenvalue weighted by atomic mass is 35.5. The second kappa shape index (κ2) is 5.11. The van der Waals surface area contributed by atoms with Crippen LogP contribution in [0, 0.1) is 6.92 Å². The van der Waals surface area contributed by atoms with Gasteiger partial charge in [0, 0.05) is 18.2 Å². The first-order valence-electron chi connectivity index (χ1n) is 5.35. The number of halogens is 1. The monoisotopic (exact) mass is 245 g/mol. The Kier molecular flexibility index (Phi) is 3.55. The number of hydrogen-bond donors (Lipinski definition) is 0. The molecule has 0 aliphatic carbocycles. The van der Waals surface area contributed by atoms with E-state index in [0.717, 1.165) is 5.56 Å². The van der Waals surface area contributed by atoms with Crippen LogP contribution in [0.4, 0.5) is 0 Å². The lowest BCUT2D eigenvalue weighted by Gasteiger charge is -2.02. The Bertz CT molecular complexity index is 534. The minimum absolute atomic E-state index is 0.0538. The minimum atomic E-state index is 0.0538. The van der Waals surface area contributed by atoms with E-state index in [2.05, 4.69) is 4.98 Å². The van der Waals surface area contributed by atoms with Gasteiger partial charge in [-0.15, -0.1) is 0 Å². The van der Waals surface area contributed by atoms with E-state index < -0.39 is 0 Å². The number of Topliss-reactive ketones (excluding diaryl/α,β-unsaturated/α-hetero) is 1. The molecular weight excluding hydrogens is 234 g/mol. The van der Waals surface area contributed by atoms with Gasteiger partial charge in [-0.3, -0.25) is 4.79 Å². The van der Waals surface area contributed by atoms with Crippen LogP contribution in [0.3, 0.4) is 0 Å². The van der Waals surface area contributed by atoms with Crippen molar-refractivity contribution in [1.29, 1.82) is 0 Å². The molecule has 2 rings (SSSR count). The molecule has 0 unspecified atom stereocenters. The van der Waals surface area contributed by atoms with Crippen molar-refractivity contribution in [2.24, 2.45) is 0 Å². The lowest BCUT2D eigenvalue weighted by molar-refractivity contribution is 0.0993. The maximum Gasteiger partial charge on any atom is 0.167 e. The summed E-state index contributed by atoms with van der Waals surface area (Å²) in [6, 6.07) is 11.2. The number of benzene rings is 1. The van der Waals surface area contributed by atoms with Crippen molar-refractivity contribution in [2.45, 2.75) is 13.3 Å². The second-order valence-corrected chi connectivity index (χ2v) is 4.34. The van der Waals surface area contributed by atoms with Crippen molar-refractivity contribution in [3.05, 3.63) is 64.4 Å². The van der Waals surface area contributed by atoms with Gasteiger partial charge in [0.1, 0.15) is 5.15 Å². The number of pyridine rings is 1. The molecule has 17 heavy (non-hydrogen) atoms. The number of aryl methyl sites for hydroxylation is 1. The highest BCUT2D eigenvalue weighted by Crippen LogP contribution is 2.11. The summed E-state index contributed by atoms with van der Waals surface area (Å²) in [5.41, 5.74) is 2.80. The quantitative estimate of drug-likeness (QED) is 0.612. The summed E-state index contributed by atoms with van der Waals surface area (Å²) in [6.07, 6.45) is 1.94. The molecule has 86 valence electrons. The van der Waals surface area contributed by atoms with Crippen LogP contribution in [0.2, 0.25) is 5.15 Å². The zero-order chi connectivity index (χ0) is 12.3. The first-order chi connectivity index (χ1) is 8.15. The van der Waals surface area contributed by atoms with Gasteiger partial charge in [-0.2, -0.15) is 0 Å². The van der Waals surface area contributed by atoms with Crippen molar-refractivity contribution >= 4 is 17.4 Å². The van der Waals surface area contributed by atoms with Gasteiger partial charge in [0.05, 0.1) is 0 Å². The molecule has 0 radical (unpaired) electrons. The molecule has 0 amide bonds. The second-order valence-electron chi connectivity index (χ2n) is 3.95. The van der Waals surface area contributed by atoms with Crippen LogP contribution in [0.1, 0.15) is 21.5 Å². The first kappa shape index (κ1) is 11.8. The van der Waals surface area contributed by atoms with Crippen molar-refractivity contribution in [3.63, 3.8) is 0 Å². The minimum Gasteiger partial charge on any atom is -0.294 e. The average molecular weight is 246 g/mol. The van der Waals surface area contributed by atoms with Crippen LogP contribution >= 0.6 is 11.6 Å². The van der Waals surface area contributed by atoms with Gasteiger partial charge in [0.25, 0.3) is 0 Å². The molecule has 0 fully saturated rings. The van der Waals surface area contributed by atoms with Crippen LogP contribution in [0.25, 0.3) is 0 Å². The molecule has 2 aromatic rings. The van der Waals surface area contributed by atoms with E-state index in [0.29, 0.717) is 17.1 Å². The predicted molar refractivity (Wildman–Crippen MR) is 68.5 cm³/mol. The predicted octanol–water partition coefficient (Wildman–Crippen LogP) is 3.47. The molecule has 1 heterocycles. The lowest BCUT2D eigenvalue weighted by Crippen LogP contribution is -2.03. The Balaban J connectivity index is 2.14. The average Bonchev–Trinajstić information content (AvgIpc) is 2.32. The van der Waals surface area contributed by atoms with Gasteiger partial charge < -0.3 is 0 Å². The summed E-state index contributed by atoms with van der Waals surface area (Å²) < 4.78 is 0. The van der Waals surface area contributed by atoms with Crippen molar-refractivity contribution in [1.82, 2.24) is 4.98 Å². The number of nitrogens with zero attached hydrogens (tertiary/aromatic N) is 1. The SMILES string of the molecule is Cc1ccc(CC(=O)c2ccnc(Cl)c2)cc1. The topological polar surface area (TPSA) is 30.0 Å². The van der Waals surface area contributed by atoms with Crippen LogP contribution in [0.5, 0.6) is 0 Å². The molecule has 0 spiro atoms. The largest absolute Gasteiger partial charge is 0.294 e. The summed E-state index contributed by atoms with van der Waals surface area (Å²) in [5, 5.41) is 0.347. The maximum absolute atomic E-state index is 12.0. The maximum atomic E-state index is 12.0. The van der Waals surface area contributed by atoms with Gasteiger partial charge in [-0.05, 0) is 24.6 Å². The Hall–Kier alpha value is -1.67. The van der Waals surface area contributed by atoms with Gasteiger partial charge in [-0.25, -0.2) is 4.98 Å². The van der Waals surface area contributed by atoms with E-state index in [1.54, 1.807) is 18.3 Å². The van der Waals surface area contributed by atoms with Crippen molar-refractivity contribution < 1.29 is 4.79 Å². The lowest BCUT2D eigenvalue weighted by atomic mass is 10.0. The molecule has 0 saturated carbocycles. The summed E-state index contributed by atoms with van der Waals surface area (Å²) >= 11 is 5.75. The van der Waals surface area contributed by atoms with E-state index in [1.165, 1.54) is 5.56 Å². The summed E-state index contributed by atoms with van der Waals surface area (Å²) in [7, 11) is 0. The molecule has 2 nitrogen and oxygen atoms in total. The van der Waals surface area contributed by atoms with Crippen LogP contribution in [-0.2, 0) is 6.42 Å². The van der Waals surface area contributed by atoms with E-state index in [1.807, 2.05) is 31.2 Å². The van der Waals surface area contributed by atoms with Gasteiger partial charge in [0.2, 0.25) is 0 Å². The molecule has 0 aliphatic rings. The van der Waals surface area contributed by atoms with E-state index in [4.69, 9.17) is 11.6 Å². The fraction of sp³-hybridized carbons (Fsp3) is 0.143. The summed E-state index contributed by atoms with van der Waals surface area (Å²) in [4.78, 5) is 15.8. The molecule has 1 aromatic carbocycles. The number of rotatable bonds is 3. The third-order valence-electron chi connectivity index (χ3n) is 2.53. The third kappa shape index (κ3) is 3.14. The summed E-state index contributed by atoms with van der Waals surface area (Å²) in [5.74, 6) is 0.0538. The highest BCUT2D eigenvalue weighted by Gasteiger charge is 2.07. The third-order valence-corrected chi connectivity index (χ3v) is 2.74. The fourth-order valence-corrected chi connectivity index (χ4v) is 1.74. The van der Waals surface area contributed by atoms with E-state index in [-0.39, 0.29) is 5.78 Å². The van der Waals surface area contributed by atoms with Crippen molar-refractivity contribution in [2.75, 3.05) is 0 Å². The molecule has 0 aliphatic heterocycles. The van der Waals surface area contributed by atoms with Gasteiger partial charge >= 0.3 is 0 Å². The van der Waals surface area contributed by atoms with Gasteiger partial charge in [-0.1, -0.05) is 41.4 Å². The molecule has 0 bridgehead atoms. The highest BCUT2D eigenvalue weighted by molar-refractivity contribution is 6.29. The Morgan fingerprint density at radius 1 is 1.24 bits per heavy atom. The van der Waals surface area contributed by atoms with Crippen LogP contribution in [0.15, 0.2) is 42.6 Å². The zero-order valence-corrected chi connectivity index (χ0v) is 10.2. The Morgan fingerprint density at radius 3 is 2.59 bits per heavy atom. The Morgan fingerprint density at radius 2 is 1.94 bits per heavy atom. The van der Waals surface area contributed by atoms with Crippen LogP contribution in [-0.4, -0.2) is 10.8 Å². The van der Waals surface area contributed by atoms with Gasteiger partial charge in [0.15, 0.2) is 5.78 Å². The number of aromatic nitrogens is 1. The molecular formula is C14H12ClNO. The number of carbonyl (C=O) groups is 1. The van der Waals surface area contributed by atoms with E-state index >= 15 is 0 Å². The van der Waals surface area contributed by atoms with Crippen LogP contribution < -0.4 is 0 Å². The molecule has 0 N–H and O–H groups in total. The normalized spacial score (nSPS) is 10.2. The fourth-order valence-electron chi connectivity index (χ4n) is 1.57. The summed E-state index contributed by atoms with van der Waals surface area (Å²) in [6.45, 7) is 2.02. The molecule has 0 saturated heterocycles. The van der Waals surface area contributed by atoms with E-state index in [9.17, 15) is 4.79 Å². The number of ketones is 1. The standard InChI is InChI=1S/C14H12ClNO/c1-10-2-4-11(5-3-10)8-13(17)12-6-7-16-14(15)9-12/h2-7,9H,8H2,1H3. The smallest absolute Gasteiger partial charge is 0.167 e. The molecule has 1 aromatic heterocycles. The molecule has 3 heteroatoms. The number of carbonyl (C=O) groups excluding carboxylic acids is 1. The van der Waals surface area contributed by atoms with Crippen molar-refractivity contribution in [3.8, 4) is 0 Å². The number of hydrogen-bond acceptors (Lipinski definition) is 2. The Labute approximate surface area is 105 Å². The first-order valence-corrected chi connectivity index (χ1v) is 5.73. The molecule has 0 atom stereocenters.